The molecule has 2 atom stereocenters. The van der Waals surface area contributed by atoms with Gasteiger partial charge in [0.2, 0.25) is 0 Å². The number of allylic oxidation sites excluding steroid dienone is 4. The molecule has 0 N–H and O–H groups in total. The summed E-state index contributed by atoms with van der Waals surface area (Å²) in [5.41, 5.74) is 0. The van der Waals surface area contributed by atoms with Gasteiger partial charge in [-0.25, -0.2) is 0 Å². The van der Waals surface area contributed by atoms with E-state index in [1.165, 1.54) is 6.42 Å². The van der Waals surface area contributed by atoms with Crippen LogP contribution in [0.2, 0.25) is 0 Å². The maximum atomic E-state index is 12.1. The molecule has 0 spiro atoms. The highest BCUT2D eigenvalue weighted by Gasteiger charge is 2.31. The summed E-state index contributed by atoms with van der Waals surface area (Å²) in [7, 11) is 0. The number of hydrogen-bond donors (Lipinski definition) is 0. The van der Waals surface area contributed by atoms with Crippen molar-refractivity contribution in [3.05, 3.63) is 24.3 Å². The predicted octanol–water partition coefficient (Wildman–Crippen LogP) is 3.98. The summed E-state index contributed by atoms with van der Waals surface area (Å²) in [6.45, 7) is 2.07. The van der Waals surface area contributed by atoms with Gasteiger partial charge in [-0.1, -0.05) is 31.6 Å². The third-order valence-electron chi connectivity index (χ3n) is 4.44. The maximum absolute atomic E-state index is 12.1. The Labute approximate surface area is 127 Å². The van der Waals surface area contributed by atoms with Crippen molar-refractivity contribution >= 4 is 11.8 Å². The van der Waals surface area contributed by atoms with Gasteiger partial charge in [0.15, 0.2) is 5.78 Å². The van der Waals surface area contributed by atoms with Crippen LogP contribution >= 0.6 is 0 Å². The number of rotatable bonds is 6. The van der Waals surface area contributed by atoms with Crippen LogP contribution < -0.4 is 0 Å². The van der Waals surface area contributed by atoms with Gasteiger partial charge >= 0.3 is 5.97 Å². The van der Waals surface area contributed by atoms with E-state index in [0.717, 1.165) is 38.5 Å². The summed E-state index contributed by atoms with van der Waals surface area (Å²) in [4.78, 5) is 23.9. The van der Waals surface area contributed by atoms with E-state index in [9.17, 15) is 9.59 Å². The van der Waals surface area contributed by atoms with E-state index in [2.05, 4.69) is 19.1 Å². The lowest BCUT2D eigenvalue weighted by Crippen LogP contribution is -2.24. The van der Waals surface area contributed by atoms with Crippen LogP contribution in [-0.4, -0.2) is 17.9 Å². The first-order chi connectivity index (χ1) is 10.2. The standard InChI is InChI=1S/C18H26O3/c1-2-3-5-10-16-14(11-12-17(16)19)13-18(20)21-15-8-6-4-7-9-15/h3,5,11-12,14-16H,2,4,6-10,13H2,1H3/b5-3-/t14-,16+/m0/s1. The highest BCUT2D eigenvalue weighted by molar-refractivity contribution is 5.95. The molecule has 2 aliphatic rings. The number of carbonyl (C=O) groups excluding carboxylic acids is 2. The van der Waals surface area contributed by atoms with Crippen LogP contribution in [0.5, 0.6) is 0 Å². The SMILES string of the molecule is CC/C=C\C[C@H]1C(=O)C=C[C@H]1CC(=O)OC1CCCCC1. The lowest BCUT2D eigenvalue weighted by Gasteiger charge is -2.23. The number of esters is 1. The monoisotopic (exact) mass is 290 g/mol. The number of hydrogen-bond acceptors (Lipinski definition) is 3. The molecule has 0 unspecified atom stereocenters. The summed E-state index contributed by atoms with van der Waals surface area (Å²) in [5, 5.41) is 0. The number of carbonyl (C=O) groups is 2. The van der Waals surface area contributed by atoms with Crippen molar-refractivity contribution in [3.8, 4) is 0 Å². The molecule has 0 aliphatic heterocycles. The molecule has 0 saturated heterocycles. The Bertz CT molecular complexity index is 416. The van der Waals surface area contributed by atoms with Crippen molar-refractivity contribution in [3.63, 3.8) is 0 Å². The quantitative estimate of drug-likeness (QED) is 0.549. The molecule has 3 nitrogen and oxygen atoms in total. The molecule has 0 bridgehead atoms. The van der Waals surface area contributed by atoms with Gasteiger partial charge < -0.3 is 4.74 Å². The summed E-state index contributed by atoms with van der Waals surface area (Å²) >= 11 is 0. The summed E-state index contributed by atoms with van der Waals surface area (Å²) < 4.78 is 5.56. The lowest BCUT2D eigenvalue weighted by atomic mass is 9.89. The lowest BCUT2D eigenvalue weighted by molar-refractivity contribution is -0.151. The Kier molecular flexibility index (Phi) is 6.21. The smallest absolute Gasteiger partial charge is 0.306 e. The van der Waals surface area contributed by atoms with E-state index in [1.807, 2.05) is 6.08 Å². The summed E-state index contributed by atoms with van der Waals surface area (Å²) in [6, 6.07) is 0. The second-order valence-electron chi connectivity index (χ2n) is 6.10. The Morgan fingerprint density at radius 3 is 2.76 bits per heavy atom. The van der Waals surface area contributed by atoms with Crippen molar-refractivity contribution in [2.45, 2.75) is 64.4 Å². The molecule has 0 heterocycles. The minimum atomic E-state index is -0.143. The van der Waals surface area contributed by atoms with Crippen LogP contribution in [0.3, 0.4) is 0 Å². The highest BCUT2D eigenvalue weighted by atomic mass is 16.5. The van der Waals surface area contributed by atoms with Crippen LogP contribution in [0.15, 0.2) is 24.3 Å². The first-order valence-corrected chi connectivity index (χ1v) is 8.27. The van der Waals surface area contributed by atoms with Gasteiger partial charge in [-0.2, -0.15) is 0 Å². The molecular formula is C18H26O3. The third-order valence-corrected chi connectivity index (χ3v) is 4.44. The fourth-order valence-electron chi connectivity index (χ4n) is 3.21. The third kappa shape index (κ3) is 4.83. The molecule has 0 aromatic rings. The van der Waals surface area contributed by atoms with E-state index >= 15 is 0 Å². The number of ether oxygens (including phenoxy) is 1. The fourth-order valence-corrected chi connectivity index (χ4v) is 3.21. The second kappa shape index (κ2) is 8.16. The predicted molar refractivity (Wildman–Crippen MR) is 82.8 cm³/mol. The van der Waals surface area contributed by atoms with Gasteiger partial charge in [0, 0.05) is 5.92 Å². The van der Waals surface area contributed by atoms with E-state index in [-0.39, 0.29) is 29.7 Å². The van der Waals surface area contributed by atoms with Crippen molar-refractivity contribution < 1.29 is 14.3 Å². The van der Waals surface area contributed by atoms with Gasteiger partial charge in [0.25, 0.3) is 0 Å². The van der Waals surface area contributed by atoms with Gasteiger partial charge in [0.1, 0.15) is 6.10 Å². The molecule has 21 heavy (non-hydrogen) atoms. The first kappa shape index (κ1) is 16.0. The normalized spacial score (nSPS) is 26.6. The molecule has 0 amide bonds. The molecule has 1 fully saturated rings. The Balaban J connectivity index is 1.82. The van der Waals surface area contributed by atoms with Crippen LogP contribution in [0.25, 0.3) is 0 Å². The highest BCUT2D eigenvalue weighted by Crippen LogP contribution is 2.30. The molecule has 0 aromatic carbocycles. The molecule has 1 saturated carbocycles. The molecule has 2 rings (SSSR count). The summed E-state index contributed by atoms with van der Waals surface area (Å²) in [5.74, 6) is -0.0660. The van der Waals surface area contributed by atoms with Crippen molar-refractivity contribution in [2.75, 3.05) is 0 Å². The van der Waals surface area contributed by atoms with Gasteiger partial charge in [-0.15, -0.1) is 0 Å². The van der Waals surface area contributed by atoms with Crippen LogP contribution in [0.4, 0.5) is 0 Å². The topological polar surface area (TPSA) is 43.4 Å². The average Bonchev–Trinajstić information content (AvgIpc) is 2.81. The molecule has 3 heteroatoms. The van der Waals surface area contributed by atoms with Crippen LogP contribution in [-0.2, 0) is 14.3 Å². The maximum Gasteiger partial charge on any atom is 0.306 e. The Hall–Kier alpha value is -1.38. The molecule has 0 radical (unpaired) electrons. The minimum absolute atomic E-state index is 0.00935. The Morgan fingerprint density at radius 2 is 2.05 bits per heavy atom. The van der Waals surface area contributed by atoms with Crippen molar-refractivity contribution in [2.24, 2.45) is 11.8 Å². The zero-order valence-electron chi connectivity index (χ0n) is 12.9. The van der Waals surface area contributed by atoms with Crippen molar-refractivity contribution in [1.29, 1.82) is 0 Å². The molecule has 116 valence electrons. The van der Waals surface area contributed by atoms with E-state index < -0.39 is 0 Å². The second-order valence-corrected chi connectivity index (χ2v) is 6.10. The molecule has 0 aromatic heterocycles. The largest absolute Gasteiger partial charge is 0.462 e. The first-order valence-electron chi connectivity index (χ1n) is 8.27. The van der Waals surface area contributed by atoms with Gasteiger partial charge in [-0.3, -0.25) is 9.59 Å². The van der Waals surface area contributed by atoms with E-state index in [4.69, 9.17) is 4.74 Å². The zero-order valence-corrected chi connectivity index (χ0v) is 12.9. The zero-order chi connectivity index (χ0) is 15.1. The van der Waals surface area contributed by atoms with Gasteiger partial charge in [0.05, 0.1) is 6.42 Å². The van der Waals surface area contributed by atoms with Gasteiger partial charge in [-0.05, 0) is 50.5 Å². The molecular weight excluding hydrogens is 264 g/mol. The van der Waals surface area contributed by atoms with Crippen LogP contribution in [0, 0.1) is 11.8 Å². The average molecular weight is 290 g/mol. The van der Waals surface area contributed by atoms with E-state index in [1.54, 1.807) is 6.08 Å². The Morgan fingerprint density at radius 1 is 1.29 bits per heavy atom. The summed E-state index contributed by atoms with van der Waals surface area (Å²) in [6.07, 6.45) is 15.3. The minimum Gasteiger partial charge on any atom is -0.462 e. The van der Waals surface area contributed by atoms with Crippen molar-refractivity contribution in [1.82, 2.24) is 0 Å². The van der Waals surface area contributed by atoms with E-state index in [0.29, 0.717) is 6.42 Å². The fraction of sp³-hybridized carbons (Fsp3) is 0.667. The van der Waals surface area contributed by atoms with Crippen LogP contribution in [0.1, 0.15) is 58.3 Å². The molecule has 2 aliphatic carbocycles. The number of ketones is 1.